The molecule has 11 N–H and O–H groups in total. The highest BCUT2D eigenvalue weighted by Gasteiger charge is 2.31. The fourth-order valence-corrected chi connectivity index (χ4v) is 7.32. The van der Waals surface area contributed by atoms with Crippen molar-refractivity contribution >= 4 is 115 Å². The van der Waals surface area contributed by atoms with E-state index >= 15 is 8.78 Å². The fraction of sp³-hybridized carbons (Fsp3) is 0.279. The first-order valence-electron chi connectivity index (χ1n) is 22.5. The van der Waals surface area contributed by atoms with Crippen LogP contribution in [0.3, 0.4) is 0 Å². The van der Waals surface area contributed by atoms with Crippen molar-refractivity contribution in [2.75, 3.05) is 58.9 Å². The highest BCUT2D eigenvalue weighted by atomic mass is 127. The van der Waals surface area contributed by atoms with Gasteiger partial charge in [-0.25, -0.2) is 35.1 Å². The minimum atomic E-state index is -2.49. The number of halogens is 9. The molecular weight excluding hydrogens is 1160 g/mol. The van der Waals surface area contributed by atoms with Crippen LogP contribution in [-0.2, 0) is 14.4 Å². The lowest BCUT2D eigenvalue weighted by atomic mass is 9.79. The lowest BCUT2D eigenvalue weighted by Crippen LogP contribution is -2.47. The summed E-state index contributed by atoms with van der Waals surface area (Å²) in [6.07, 6.45) is -0.764. The van der Waals surface area contributed by atoms with Crippen LogP contribution in [0.25, 0.3) is 0 Å². The van der Waals surface area contributed by atoms with Crippen molar-refractivity contribution in [2.45, 2.75) is 19.3 Å². The zero-order valence-corrected chi connectivity index (χ0v) is 41.9. The van der Waals surface area contributed by atoms with Gasteiger partial charge in [0.2, 0.25) is 17.7 Å². The van der Waals surface area contributed by atoms with E-state index in [4.69, 9.17) is 0 Å². The Balaban J connectivity index is 1.47. The normalized spacial score (nSPS) is 10.8. The van der Waals surface area contributed by atoms with Gasteiger partial charge in [0.05, 0.1) is 51.7 Å². The SMILES string of the molecule is O=C(CN(CCCNC(=O)CN(CCCNC(=O)c1ccc(B(O)O)c(F)c1F)C(=O)c1ccc(B(O)O)c(F)c1F)C(=O)CN(CCCNC(=O)c1ccc(B(O)O)c(F)c1F)C(=O)c1ccc(BO)c(F)c1F)NI. The number of carbonyl (C=O) groups is 7. The van der Waals surface area contributed by atoms with Crippen molar-refractivity contribution < 1.29 is 104 Å². The number of nitrogens with one attached hydrogen (secondary N) is 4. The molecule has 34 heteroatoms. The third kappa shape index (κ3) is 16.4. The summed E-state index contributed by atoms with van der Waals surface area (Å²) in [5.41, 5.74) is -6.80. The zero-order chi connectivity index (χ0) is 57.4. The molecular formula is C43H44B4F8IN7O14. The van der Waals surface area contributed by atoms with Gasteiger partial charge in [0.25, 0.3) is 23.6 Å². The van der Waals surface area contributed by atoms with Crippen LogP contribution in [0, 0.1) is 46.5 Å². The van der Waals surface area contributed by atoms with Gasteiger partial charge in [-0.1, -0.05) is 24.3 Å². The number of benzene rings is 4. The topological polar surface area (TPSA) is 319 Å². The van der Waals surface area contributed by atoms with E-state index in [1.165, 1.54) is 22.9 Å². The van der Waals surface area contributed by atoms with Crippen LogP contribution in [0.15, 0.2) is 48.5 Å². The molecule has 0 saturated heterocycles. The predicted molar refractivity (Wildman–Crippen MR) is 266 cm³/mol. The van der Waals surface area contributed by atoms with Gasteiger partial charge >= 0.3 is 28.8 Å². The molecule has 0 aliphatic carbocycles. The molecule has 0 bridgehead atoms. The molecule has 4 aromatic carbocycles. The van der Waals surface area contributed by atoms with E-state index in [1.807, 2.05) is 0 Å². The number of amides is 7. The Hall–Kier alpha value is -6.68. The Labute approximate surface area is 446 Å². The Bertz CT molecular complexity index is 2870. The fourth-order valence-electron chi connectivity index (χ4n) is 7.15. The van der Waals surface area contributed by atoms with E-state index in [9.17, 15) is 95.1 Å². The third-order valence-corrected chi connectivity index (χ3v) is 11.8. The molecule has 0 saturated carbocycles. The molecule has 4 aromatic rings. The van der Waals surface area contributed by atoms with Gasteiger partial charge in [-0.05, 0) is 49.0 Å². The summed E-state index contributed by atoms with van der Waals surface area (Å²) in [5.74, 6) is -21.6. The summed E-state index contributed by atoms with van der Waals surface area (Å²) in [6.45, 7) is -5.19. The zero-order valence-electron chi connectivity index (χ0n) is 39.8. The lowest BCUT2D eigenvalue weighted by molar-refractivity contribution is -0.136. The summed E-state index contributed by atoms with van der Waals surface area (Å²) in [6, 6.07) is 6.08. The smallest absolute Gasteiger partial charge is 0.449 e. The maximum Gasteiger partial charge on any atom is 0.491 e. The first-order valence-corrected chi connectivity index (χ1v) is 23.6. The molecule has 21 nitrogen and oxygen atoms in total. The Morgan fingerprint density at radius 1 is 0.455 bits per heavy atom. The third-order valence-electron chi connectivity index (χ3n) is 11.2. The average Bonchev–Trinajstić information content (AvgIpc) is 3.38. The lowest BCUT2D eigenvalue weighted by Gasteiger charge is -2.28. The summed E-state index contributed by atoms with van der Waals surface area (Å²) in [5, 5.41) is 71.8. The molecule has 0 spiro atoms. The second-order valence-corrected chi connectivity index (χ2v) is 16.9. The largest absolute Gasteiger partial charge is 0.491 e. The van der Waals surface area contributed by atoms with E-state index in [0.717, 1.165) is 41.3 Å². The number of hydrogen-bond donors (Lipinski definition) is 11. The van der Waals surface area contributed by atoms with E-state index < -0.39 is 207 Å². The van der Waals surface area contributed by atoms with Gasteiger partial charge < -0.3 is 65.8 Å². The van der Waals surface area contributed by atoms with Crippen molar-refractivity contribution in [1.82, 2.24) is 34.2 Å². The Morgan fingerprint density at radius 3 is 1.22 bits per heavy atom. The minimum absolute atomic E-state index is 0.190. The van der Waals surface area contributed by atoms with Gasteiger partial charge in [0.15, 0.2) is 46.5 Å². The molecule has 0 atom stereocenters. The molecule has 77 heavy (non-hydrogen) atoms. The van der Waals surface area contributed by atoms with Crippen molar-refractivity contribution in [3.05, 3.63) is 117 Å². The monoisotopic (exact) mass is 1210 g/mol. The van der Waals surface area contributed by atoms with E-state index in [2.05, 4.69) is 19.5 Å². The van der Waals surface area contributed by atoms with Crippen molar-refractivity contribution in [3.8, 4) is 0 Å². The molecule has 0 unspecified atom stereocenters. The quantitative estimate of drug-likeness (QED) is 0.00936. The van der Waals surface area contributed by atoms with E-state index in [0.29, 0.717) is 21.9 Å². The maximum absolute atomic E-state index is 15.2. The molecule has 410 valence electrons. The molecule has 0 heterocycles. The van der Waals surface area contributed by atoms with Crippen LogP contribution in [0.2, 0.25) is 0 Å². The van der Waals surface area contributed by atoms with Gasteiger partial charge in [-0.3, -0.25) is 37.1 Å². The van der Waals surface area contributed by atoms with Crippen LogP contribution in [0.5, 0.6) is 0 Å². The second-order valence-electron chi connectivity index (χ2n) is 16.4. The van der Waals surface area contributed by atoms with Crippen LogP contribution in [-0.4, -0.2) is 179 Å². The Kier molecular flexibility index (Phi) is 23.8. The number of carbonyl (C=O) groups excluding carboxylic acids is 7. The molecule has 0 aromatic heterocycles. The standard InChI is InChI=1S/C43H44B4F8IN7O14/c48-32-21(5-9-26(37(32)53)45(72)73)40(67)58-13-2-16-62(42(69)24-7-11-28(47(76)77)39(55)35(24)51)18-29(64)57-12-1-15-61(19-30(65)60-56)31(66)20-63(43(70)23-4-8-25(44-71)36(52)34(23)50)17-3-14-59-41(68)22-6-10-27(46(74)75)38(54)33(22)49/h4-11,44,71-77H,1-3,12-20H2,(H,57,64)(H,58,67)(H,59,68)(H,60,65). The number of nitrogens with zero attached hydrogens (tertiary/aromatic N) is 3. The van der Waals surface area contributed by atoms with Crippen LogP contribution in [0.1, 0.15) is 60.7 Å². The van der Waals surface area contributed by atoms with Crippen LogP contribution < -0.4 is 41.3 Å². The summed E-state index contributed by atoms with van der Waals surface area (Å²) >= 11 is 1.45. The van der Waals surface area contributed by atoms with E-state index in [-0.39, 0.29) is 32.4 Å². The number of rotatable bonds is 26. The van der Waals surface area contributed by atoms with E-state index in [1.54, 1.807) is 0 Å². The first kappa shape index (κ1) is 62.9. The van der Waals surface area contributed by atoms with Crippen molar-refractivity contribution in [1.29, 1.82) is 0 Å². The van der Waals surface area contributed by atoms with Gasteiger partial charge in [-0.2, -0.15) is 0 Å². The molecule has 7 amide bonds. The Morgan fingerprint density at radius 2 is 0.805 bits per heavy atom. The first-order chi connectivity index (χ1) is 36.4. The highest BCUT2D eigenvalue weighted by molar-refractivity contribution is 14.1. The second kappa shape index (κ2) is 29.2. The summed E-state index contributed by atoms with van der Waals surface area (Å²) < 4.78 is 120. The summed E-state index contributed by atoms with van der Waals surface area (Å²) in [4.78, 5) is 94.5. The molecule has 0 radical (unpaired) electrons. The number of hydrogen-bond acceptors (Lipinski definition) is 14. The van der Waals surface area contributed by atoms with Crippen LogP contribution >= 0.6 is 22.9 Å². The van der Waals surface area contributed by atoms with Gasteiger partial charge in [0, 0.05) is 55.7 Å². The predicted octanol–water partition coefficient (Wildman–Crippen LogP) is -4.17. The van der Waals surface area contributed by atoms with Crippen LogP contribution in [0.4, 0.5) is 35.1 Å². The highest BCUT2D eigenvalue weighted by Crippen LogP contribution is 2.17. The van der Waals surface area contributed by atoms with Crippen molar-refractivity contribution in [2.24, 2.45) is 0 Å². The molecule has 0 aliphatic rings. The maximum atomic E-state index is 15.2. The minimum Gasteiger partial charge on any atom is -0.449 e. The van der Waals surface area contributed by atoms with Gasteiger partial charge in [-0.15, -0.1) is 0 Å². The van der Waals surface area contributed by atoms with Gasteiger partial charge in [0.1, 0.15) is 13.1 Å². The molecule has 0 aliphatic heterocycles. The van der Waals surface area contributed by atoms with Crippen molar-refractivity contribution in [3.63, 3.8) is 0 Å². The average molecular weight is 1200 g/mol. The molecule has 4 rings (SSSR count). The summed E-state index contributed by atoms with van der Waals surface area (Å²) in [7, 11) is -8.26. The molecule has 0 fully saturated rings.